The summed E-state index contributed by atoms with van der Waals surface area (Å²) in [4.78, 5) is 23.5. The molecule has 114 valence electrons. The monoisotopic (exact) mass is 303 g/mol. The minimum absolute atomic E-state index is 0.154. The zero-order valence-corrected chi connectivity index (χ0v) is 13.3. The van der Waals surface area contributed by atoms with E-state index in [-0.39, 0.29) is 10.6 Å². The Hall–Kier alpha value is -1.41. The third kappa shape index (κ3) is 2.71. The van der Waals surface area contributed by atoms with Gasteiger partial charge in [-0.25, -0.2) is 17.5 Å². The molecule has 0 aliphatic heterocycles. The predicted molar refractivity (Wildman–Crippen MR) is 76.4 cm³/mol. The maximum absolute atomic E-state index is 12.5. The summed E-state index contributed by atoms with van der Waals surface area (Å²) in [6, 6.07) is 0. The van der Waals surface area contributed by atoms with Gasteiger partial charge in [-0.15, -0.1) is 0 Å². The second-order valence-electron chi connectivity index (χ2n) is 4.80. The van der Waals surface area contributed by atoms with E-state index in [4.69, 9.17) is 0 Å². The smallest absolute Gasteiger partial charge is 0.300 e. The van der Waals surface area contributed by atoms with Crippen LogP contribution in [0.1, 0.15) is 25.5 Å². The Balaban J connectivity index is 3.56. The second-order valence-corrected chi connectivity index (χ2v) is 6.78. The zero-order chi connectivity index (χ0) is 15.7. The number of rotatable bonds is 5. The van der Waals surface area contributed by atoms with E-state index >= 15 is 0 Å². The van der Waals surface area contributed by atoms with E-state index in [1.165, 1.54) is 32.6 Å². The van der Waals surface area contributed by atoms with Gasteiger partial charge in [0.1, 0.15) is 0 Å². The molecule has 0 aliphatic carbocycles. The molecule has 0 aliphatic rings. The van der Waals surface area contributed by atoms with Crippen LogP contribution in [0.4, 0.5) is 0 Å². The Kier molecular flexibility index (Phi) is 4.93. The second kappa shape index (κ2) is 5.92. The third-order valence-electron chi connectivity index (χ3n) is 3.40. The van der Waals surface area contributed by atoms with Crippen LogP contribution in [0.25, 0.3) is 0 Å². The number of aromatic nitrogens is 2. The van der Waals surface area contributed by atoms with Crippen molar-refractivity contribution in [2.45, 2.75) is 31.6 Å². The van der Waals surface area contributed by atoms with Crippen LogP contribution < -0.4 is 11.2 Å². The van der Waals surface area contributed by atoms with E-state index in [9.17, 15) is 18.0 Å². The molecule has 0 saturated heterocycles. The lowest BCUT2D eigenvalue weighted by Crippen LogP contribution is -2.43. The highest BCUT2D eigenvalue weighted by molar-refractivity contribution is 7.89. The Morgan fingerprint density at radius 3 is 2.20 bits per heavy atom. The molecule has 20 heavy (non-hydrogen) atoms. The van der Waals surface area contributed by atoms with E-state index in [2.05, 4.69) is 0 Å². The van der Waals surface area contributed by atoms with Gasteiger partial charge in [-0.05, 0) is 13.3 Å². The van der Waals surface area contributed by atoms with Crippen molar-refractivity contribution in [3.8, 4) is 0 Å². The fourth-order valence-electron chi connectivity index (χ4n) is 1.87. The molecule has 1 aromatic heterocycles. The van der Waals surface area contributed by atoms with Crippen LogP contribution in [0.3, 0.4) is 0 Å². The van der Waals surface area contributed by atoms with Gasteiger partial charge in [0.15, 0.2) is 4.90 Å². The van der Waals surface area contributed by atoms with E-state index in [0.717, 1.165) is 15.3 Å². The SMILES string of the molecule is CCCCN(C)S(=O)(=O)c1c(C)n(C)c(=O)n(C)c1=O. The molecule has 0 atom stereocenters. The van der Waals surface area contributed by atoms with Crippen LogP contribution in [-0.2, 0) is 24.1 Å². The van der Waals surface area contributed by atoms with Crippen molar-refractivity contribution in [3.05, 3.63) is 26.5 Å². The van der Waals surface area contributed by atoms with Crippen molar-refractivity contribution < 1.29 is 8.42 Å². The van der Waals surface area contributed by atoms with Crippen LogP contribution >= 0.6 is 0 Å². The molecule has 7 nitrogen and oxygen atoms in total. The summed E-state index contributed by atoms with van der Waals surface area (Å²) in [6.45, 7) is 3.75. The molecule has 0 aromatic carbocycles. The lowest BCUT2D eigenvalue weighted by molar-refractivity contribution is 0.454. The maximum atomic E-state index is 12.5. The average molecular weight is 303 g/mol. The third-order valence-corrected chi connectivity index (χ3v) is 5.39. The summed E-state index contributed by atoms with van der Waals surface area (Å²) in [6.07, 6.45) is 1.56. The van der Waals surface area contributed by atoms with Crippen LogP contribution in [0, 0.1) is 6.92 Å². The summed E-state index contributed by atoms with van der Waals surface area (Å²) in [7, 11) is 0.265. The van der Waals surface area contributed by atoms with Gasteiger partial charge >= 0.3 is 5.69 Å². The Labute approximate surface area is 118 Å². The van der Waals surface area contributed by atoms with Gasteiger partial charge in [0.05, 0.1) is 0 Å². The first-order valence-corrected chi connectivity index (χ1v) is 7.83. The van der Waals surface area contributed by atoms with Gasteiger partial charge in [0.2, 0.25) is 10.0 Å². The molecule has 0 fully saturated rings. The summed E-state index contributed by atoms with van der Waals surface area (Å²) in [5, 5.41) is 0. The van der Waals surface area contributed by atoms with Gasteiger partial charge in [-0.3, -0.25) is 13.9 Å². The topological polar surface area (TPSA) is 81.4 Å². The molecular weight excluding hydrogens is 282 g/mol. The van der Waals surface area contributed by atoms with Crippen LogP contribution in [-0.4, -0.2) is 35.4 Å². The van der Waals surface area contributed by atoms with Gasteiger partial charge in [0.25, 0.3) is 5.56 Å². The molecule has 0 radical (unpaired) electrons. The summed E-state index contributed by atoms with van der Waals surface area (Å²) in [5.41, 5.74) is -1.17. The quantitative estimate of drug-likeness (QED) is 0.755. The first-order valence-electron chi connectivity index (χ1n) is 6.39. The molecule has 1 aromatic rings. The molecule has 0 unspecified atom stereocenters. The van der Waals surface area contributed by atoms with Crippen molar-refractivity contribution in [2.75, 3.05) is 13.6 Å². The minimum atomic E-state index is -3.89. The Morgan fingerprint density at radius 2 is 1.70 bits per heavy atom. The molecule has 1 rings (SSSR count). The standard InChI is InChI=1S/C12H21N3O4S/c1-6-7-8-13(3)20(18,19)10-9(2)14(4)12(17)15(5)11(10)16/h6-8H2,1-5H3. The van der Waals surface area contributed by atoms with Gasteiger partial charge in [-0.1, -0.05) is 13.3 Å². The first kappa shape index (κ1) is 16.6. The summed E-state index contributed by atoms with van der Waals surface area (Å²) in [5.74, 6) is 0. The predicted octanol–water partition coefficient (Wildman–Crippen LogP) is -0.187. The fraction of sp³-hybridized carbons (Fsp3) is 0.667. The first-order chi connectivity index (χ1) is 9.16. The Bertz CT molecular complexity index is 715. The maximum Gasteiger partial charge on any atom is 0.330 e. The van der Waals surface area contributed by atoms with Crippen molar-refractivity contribution in [3.63, 3.8) is 0 Å². The molecule has 0 bridgehead atoms. The number of hydrogen-bond acceptors (Lipinski definition) is 4. The highest BCUT2D eigenvalue weighted by Gasteiger charge is 2.28. The molecule has 0 amide bonds. The molecule has 0 spiro atoms. The van der Waals surface area contributed by atoms with E-state index < -0.39 is 21.3 Å². The normalized spacial score (nSPS) is 12.1. The van der Waals surface area contributed by atoms with E-state index in [1.807, 2.05) is 6.92 Å². The van der Waals surface area contributed by atoms with Crippen molar-refractivity contribution in [2.24, 2.45) is 14.1 Å². The largest absolute Gasteiger partial charge is 0.330 e. The van der Waals surface area contributed by atoms with Crippen LogP contribution in [0.2, 0.25) is 0 Å². The van der Waals surface area contributed by atoms with Crippen LogP contribution in [0.5, 0.6) is 0 Å². The Morgan fingerprint density at radius 1 is 1.15 bits per heavy atom. The lowest BCUT2D eigenvalue weighted by Gasteiger charge is -2.19. The lowest BCUT2D eigenvalue weighted by atomic mass is 10.3. The highest BCUT2D eigenvalue weighted by Crippen LogP contribution is 2.13. The summed E-state index contributed by atoms with van der Waals surface area (Å²) >= 11 is 0. The van der Waals surface area contributed by atoms with Gasteiger partial charge in [0, 0.05) is 33.4 Å². The number of hydrogen-bond donors (Lipinski definition) is 0. The molecule has 0 N–H and O–H groups in total. The molecule has 1 heterocycles. The van der Waals surface area contributed by atoms with Gasteiger partial charge in [-0.2, -0.15) is 0 Å². The van der Waals surface area contributed by atoms with Crippen molar-refractivity contribution in [1.29, 1.82) is 0 Å². The molecule has 0 saturated carbocycles. The highest BCUT2D eigenvalue weighted by atomic mass is 32.2. The number of nitrogens with zero attached hydrogens (tertiary/aromatic N) is 3. The van der Waals surface area contributed by atoms with Crippen molar-refractivity contribution >= 4 is 10.0 Å². The number of sulfonamides is 1. The van der Waals surface area contributed by atoms with Gasteiger partial charge < -0.3 is 0 Å². The molecule has 8 heteroatoms. The molecular formula is C12H21N3O4S. The minimum Gasteiger partial charge on any atom is -0.300 e. The average Bonchev–Trinajstić information content (AvgIpc) is 2.40. The zero-order valence-electron chi connectivity index (χ0n) is 12.5. The fourth-order valence-corrected chi connectivity index (χ4v) is 3.42. The van der Waals surface area contributed by atoms with E-state index in [0.29, 0.717) is 13.0 Å². The van der Waals surface area contributed by atoms with E-state index in [1.54, 1.807) is 0 Å². The van der Waals surface area contributed by atoms with Crippen molar-refractivity contribution in [1.82, 2.24) is 13.4 Å². The van der Waals surface area contributed by atoms with Crippen LogP contribution in [0.15, 0.2) is 14.5 Å². The number of unbranched alkanes of at least 4 members (excludes halogenated alkanes) is 1. The summed E-state index contributed by atoms with van der Waals surface area (Å²) < 4.78 is 28.1.